The molecular weight excluding hydrogens is 350 g/mol. The highest BCUT2D eigenvalue weighted by molar-refractivity contribution is 5.93. The van der Waals surface area contributed by atoms with Gasteiger partial charge < -0.3 is 19.8 Å². The minimum atomic E-state index is -0.0819. The Bertz CT molecular complexity index is 1000. The first kappa shape index (κ1) is 17.3. The predicted molar refractivity (Wildman–Crippen MR) is 107 cm³/mol. The molecule has 28 heavy (non-hydrogen) atoms. The molecule has 1 atom stereocenters. The van der Waals surface area contributed by atoms with Crippen LogP contribution in [0.1, 0.15) is 54.0 Å². The van der Waals surface area contributed by atoms with Gasteiger partial charge in [-0.2, -0.15) is 0 Å². The van der Waals surface area contributed by atoms with E-state index < -0.39 is 0 Å². The van der Waals surface area contributed by atoms with Crippen molar-refractivity contribution >= 4 is 5.91 Å². The first-order valence-electron chi connectivity index (χ1n) is 10.0. The average molecular weight is 375 g/mol. The third kappa shape index (κ3) is 2.76. The molecule has 1 spiro atoms. The number of carbonyl (C=O) groups is 1. The number of hydrogen-bond acceptors (Lipinski definition) is 3. The van der Waals surface area contributed by atoms with Crippen molar-refractivity contribution in [2.45, 2.75) is 44.3 Å². The lowest BCUT2D eigenvalue weighted by Crippen LogP contribution is -2.54. The van der Waals surface area contributed by atoms with E-state index in [1.165, 1.54) is 12.1 Å². The Hall–Kier alpha value is -2.86. The molecular formula is C22H25N5O. The summed E-state index contributed by atoms with van der Waals surface area (Å²) in [4.78, 5) is 17.1. The lowest BCUT2D eigenvalue weighted by molar-refractivity contribution is 0.0922. The summed E-state index contributed by atoms with van der Waals surface area (Å²) < 4.78 is 4.17. The molecule has 3 heterocycles. The Morgan fingerprint density at radius 3 is 2.93 bits per heavy atom. The highest BCUT2D eigenvalue weighted by Crippen LogP contribution is 2.43. The van der Waals surface area contributed by atoms with Crippen molar-refractivity contribution in [1.82, 2.24) is 24.8 Å². The van der Waals surface area contributed by atoms with Gasteiger partial charge >= 0.3 is 0 Å². The molecule has 1 fully saturated rings. The molecule has 0 bridgehead atoms. The van der Waals surface area contributed by atoms with E-state index >= 15 is 0 Å². The van der Waals surface area contributed by atoms with E-state index in [-0.39, 0.29) is 17.5 Å². The lowest BCUT2D eigenvalue weighted by Gasteiger charge is -2.46. The molecule has 1 saturated carbocycles. The van der Waals surface area contributed by atoms with Crippen LogP contribution in [0.4, 0.5) is 0 Å². The van der Waals surface area contributed by atoms with Gasteiger partial charge in [0.25, 0.3) is 5.91 Å². The van der Waals surface area contributed by atoms with Gasteiger partial charge in [0.15, 0.2) is 0 Å². The summed E-state index contributed by atoms with van der Waals surface area (Å²) in [6, 6.07) is 12.2. The van der Waals surface area contributed by atoms with Crippen molar-refractivity contribution in [3.05, 3.63) is 72.1 Å². The van der Waals surface area contributed by atoms with E-state index in [1.807, 2.05) is 42.0 Å². The summed E-state index contributed by atoms with van der Waals surface area (Å²) in [7, 11) is 0. The van der Waals surface area contributed by atoms with Crippen LogP contribution in [0.2, 0.25) is 0 Å². The second kappa shape index (κ2) is 6.63. The average Bonchev–Trinajstić information content (AvgIpc) is 3.36. The van der Waals surface area contributed by atoms with Gasteiger partial charge in [0, 0.05) is 36.9 Å². The minimum absolute atomic E-state index is 0.0110. The summed E-state index contributed by atoms with van der Waals surface area (Å²) in [6.07, 6.45) is 9.03. The van der Waals surface area contributed by atoms with Crippen molar-refractivity contribution in [3.63, 3.8) is 0 Å². The smallest absolute Gasteiger partial charge is 0.268 e. The summed E-state index contributed by atoms with van der Waals surface area (Å²) in [5.41, 5.74) is 4.24. The number of hydrogen-bond donors (Lipinski definition) is 2. The van der Waals surface area contributed by atoms with Gasteiger partial charge in [-0.15, -0.1) is 0 Å². The van der Waals surface area contributed by atoms with Gasteiger partial charge in [-0.3, -0.25) is 4.79 Å². The topological polar surface area (TPSA) is 63.9 Å². The van der Waals surface area contributed by atoms with Crippen molar-refractivity contribution < 1.29 is 4.79 Å². The third-order valence-electron chi connectivity index (χ3n) is 6.23. The minimum Gasteiger partial charge on any atom is -0.344 e. The molecule has 1 aliphatic heterocycles. The zero-order valence-corrected chi connectivity index (χ0v) is 16.1. The van der Waals surface area contributed by atoms with Gasteiger partial charge in [-0.05, 0) is 56.0 Å². The molecule has 6 heteroatoms. The summed E-state index contributed by atoms with van der Waals surface area (Å²) in [5, 5.41) is 6.85. The van der Waals surface area contributed by atoms with Crippen molar-refractivity contribution in [2.75, 3.05) is 6.54 Å². The Morgan fingerprint density at radius 1 is 1.29 bits per heavy atom. The second-order valence-corrected chi connectivity index (χ2v) is 7.88. The maximum Gasteiger partial charge on any atom is 0.268 e. The van der Waals surface area contributed by atoms with Gasteiger partial charge in [0.1, 0.15) is 5.69 Å². The molecule has 1 aliphatic carbocycles. The summed E-state index contributed by atoms with van der Waals surface area (Å²) >= 11 is 0. The van der Waals surface area contributed by atoms with E-state index in [0.717, 1.165) is 42.9 Å². The van der Waals surface area contributed by atoms with Crippen LogP contribution in [0.25, 0.3) is 5.69 Å². The fourth-order valence-electron chi connectivity index (χ4n) is 4.51. The van der Waals surface area contributed by atoms with Gasteiger partial charge in [0.05, 0.1) is 17.9 Å². The molecule has 2 aromatic heterocycles. The molecule has 1 unspecified atom stereocenters. The zero-order chi connectivity index (χ0) is 19.1. The molecule has 1 amide bonds. The zero-order valence-electron chi connectivity index (χ0n) is 16.1. The first-order valence-corrected chi connectivity index (χ1v) is 10.0. The number of rotatable bonds is 4. The summed E-state index contributed by atoms with van der Waals surface area (Å²) in [6.45, 7) is 3.79. The van der Waals surface area contributed by atoms with Crippen molar-refractivity contribution in [1.29, 1.82) is 0 Å². The van der Waals surface area contributed by atoms with Crippen LogP contribution < -0.4 is 10.6 Å². The monoisotopic (exact) mass is 375 g/mol. The van der Waals surface area contributed by atoms with Crippen LogP contribution in [-0.2, 0) is 12.1 Å². The molecule has 3 aromatic rings. The van der Waals surface area contributed by atoms with E-state index in [2.05, 4.69) is 32.3 Å². The SMILES string of the molecule is CC(NC(=O)c1ccc2n1CCNC21CCC1)c1cccc(-n2ccnc2)c1. The fraction of sp³-hybridized carbons (Fsp3) is 0.364. The molecule has 6 nitrogen and oxygen atoms in total. The van der Waals surface area contributed by atoms with Crippen LogP contribution in [0.15, 0.2) is 55.1 Å². The van der Waals surface area contributed by atoms with Gasteiger partial charge in [0.2, 0.25) is 0 Å². The molecule has 1 aromatic carbocycles. The largest absolute Gasteiger partial charge is 0.344 e. The highest BCUT2D eigenvalue weighted by atomic mass is 16.2. The number of carbonyl (C=O) groups excluding carboxylic acids is 1. The van der Waals surface area contributed by atoms with Gasteiger partial charge in [-0.25, -0.2) is 4.98 Å². The van der Waals surface area contributed by atoms with Crippen LogP contribution in [0, 0.1) is 0 Å². The number of imidazole rings is 1. The molecule has 0 saturated heterocycles. The number of fused-ring (bicyclic) bond motifs is 2. The van der Waals surface area contributed by atoms with E-state index in [0.29, 0.717) is 0 Å². The number of nitrogens with one attached hydrogen (secondary N) is 2. The third-order valence-corrected chi connectivity index (χ3v) is 6.23. The molecule has 2 N–H and O–H groups in total. The number of amides is 1. The Balaban J connectivity index is 1.36. The van der Waals surface area contributed by atoms with E-state index in [9.17, 15) is 4.79 Å². The first-order chi connectivity index (χ1) is 13.7. The fourth-order valence-corrected chi connectivity index (χ4v) is 4.51. The number of benzene rings is 1. The maximum atomic E-state index is 13.0. The van der Waals surface area contributed by atoms with Crippen LogP contribution in [0.5, 0.6) is 0 Å². The molecule has 5 rings (SSSR count). The van der Waals surface area contributed by atoms with E-state index in [4.69, 9.17) is 0 Å². The van der Waals surface area contributed by atoms with Crippen LogP contribution in [-0.4, -0.2) is 26.6 Å². The predicted octanol–water partition coefficient (Wildman–Crippen LogP) is 3.15. The lowest BCUT2D eigenvalue weighted by atomic mass is 9.73. The molecule has 144 valence electrons. The molecule has 0 radical (unpaired) electrons. The highest BCUT2D eigenvalue weighted by Gasteiger charge is 2.43. The number of aromatic nitrogens is 3. The quantitative estimate of drug-likeness (QED) is 0.736. The second-order valence-electron chi connectivity index (χ2n) is 7.88. The Kier molecular flexibility index (Phi) is 4.09. The molecule has 2 aliphatic rings. The Labute approximate surface area is 164 Å². The van der Waals surface area contributed by atoms with Crippen LogP contribution >= 0.6 is 0 Å². The number of nitrogens with zero attached hydrogens (tertiary/aromatic N) is 3. The van der Waals surface area contributed by atoms with E-state index in [1.54, 1.807) is 12.5 Å². The van der Waals surface area contributed by atoms with Crippen LogP contribution in [0.3, 0.4) is 0 Å². The maximum absolute atomic E-state index is 13.0. The Morgan fingerprint density at radius 2 is 2.18 bits per heavy atom. The van der Waals surface area contributed by atoms with Crippen molar-refractivity contribution in [2.24, 2.45) is 0 Å². The van der Waals surface area contributed by atoms with Crippen molar-refractivity contribution in [3.8, 4) is 5.69 Å². The summed E-state index contributed by atoms with van der Waals surface area (Å²) in [5.74, 6) is -0.0110. The standard InChI is InChI=1S/C22H25N5O/c1-16(17-4-2-5-18(14-17)26-12-10-23-15-26)25-21(28)19-6-7-20-22(8-3-9-22)24-11-13-27(19)20/h2,4-7,10,12,14-16,24H,3,8-9,11,13H2,1H3,(H,25,28). The normalized spacial score (nSPS) is 18.3. The van der Waals surface area contributed by atoms with Gasteiger partial charge in [-0.1, -0.05) is 12.1 Å².